The molecule has 6 nitrogen and oxygen atoms in total. The number of Topliss-reactive ketones (excluding diaryl/α,β-unsaturated/α-hetero) is 1. The smallest absolute Gasteiger partial charge is 0.272 e. The fourth-order valence-electron chi connectivity index (χ4n) is 3.20. The number of nitrogens with one attached hydrogen (secondary N) is 1. The molecule has 4 rings (SSSR count). The maximum atomic E-state index is 12.8. The van der Waals surface area contributed by atoms with Crippen molar-refractivity contribution in [3.05, 3.63) is 60.4 Å². The molecule has 1 aliphatic rings. The van der Waals surface area contributed by atoms with Crippen LogP contribution < -0.4 is 5.43 Å². The molecule has 134 valence electrons. The van der Waals surface area contributed by atoms with E-state index in [2.05, 4.69) is 20.5 Å². The molecule has 1 aromatic carbocycles. The number of hydrazone groups is 1. The third-order valence-electron chi connectivity index (χ3n) is 4.56. The molecule has 1 amide bonds. The second-order valence-electron chi connectivity index (χ2n) is 6.50. The lowest BCUT2D eigenvalue weighted by Crippen LogP contribution is -2.23. The molecule has 0 aliphatic heterocycles. The molecule has 2 aromatic heterocycles. The fourth-order valence-corrected chi connectivity index (χ4v) is 3.20. The molecule has 0 spiro atoms. The zero-order chi connectivity index (χ0) is 18.6. The number of hydrogen-bond acceptors (Lipinski definition) is 5. The Bertz CT molecular complexity index is 1040. The number of carbonyl (C=O) groups is 2. The van der Waals surface area contributed by atoms with Gasteiger partial charge in [-0.25, -0.2) is 10.4 Å². The summed E-state index contributed by atoms with van der Waals surface area (Å²) in [4.78, 5) is 33.2. The number of fused-ring (bicyclic) bond motifs is 1. The standard InChI is InChI=1S/C21H18N4O2/c26-16-7-3-6-15(11-16)24-25-21(27)18-12-20(14-5-4-10-22-13-14)23-19-9-2-1-8-17(18)19/h1-2,4-5,8-10,12-13H,3,6-7,11H2,(H,25,27)/b24-15-. The van der Waals surface area contributed by atoms with E-state index in [9.17, 15) is 9.59 Å². The Morgan fingerprint density at radius 3 is 2.81 bits per heavy atom. The summed E-state index contributed by atoms with van der Waals surface area (Å²) < 4.78 is 0. The molecule has 0 atom stereocenters. The molecular formula is C21H18N4O2. The molecule has 1 aliphatic carbocycles. The first kappa shape index (κ1) is 17.0. The van der Waals surface area contributed by atoms with Gasteiger partial charge in [-0.2, -0.15) is 5.10 Å². The van der Waals surface area contributed by atoms with E-state index in [1.807, 2.05) is 36.4 Å². The average Bonchev–Trinajstić information content (AvgIpc) is 2.72. The number of hydrogen-bond donors (Lipinski definition) is 1. The van der Waals surface area contributed by atoms with E-state index >= 15 is 0 Å². The van der Waals surface area contributed by atoms with Crippen molar-refractivity contribution in [1.29, 1.82) is 0 Å². The van der Waals surface area contributed by atoms with Gasteiger partial charge in [-0.05, 0) is 37.1 Å². The van der Waals surface area contributed by atoms with Gasteiger partial charge in [0.05, 0.1) is 16.8 Å². The number of carbonyl (C=O) groups excluding carboxylic acids is 2. The van der Waals surface area contributed by atoms with Gasteiger partial charge in [-0.1, -0.05) is 18.2 Å². The van der Waals surface area contributed by atoms with Crippen LogP contribution in [0.3, 0.4) is 0 Å². The Kier molecular flexibility index (Phi) is 4.70. The summed E-state index contributed by atoms with van der Waals surface area (Å²) >= 11 is 0. The number of para-hydroxylation sites is 1. The lowest BCUT2D eigenvalue weighted by molar-refractivity contribution is -0.118. The van der Waals surface area contributed by atoms with Gasteiger partial charge >= 0.3 is 0 Å². The van der Waals surface area contributed by atoms with Crippen LogP contribution in [0.2, 0.25) is 0 Å². The van der Waals surface area contributed by atoms with Crippen LogP contribution in [0.15, 0.2) is 60.0 Å². The molecule has 1 fully saturated rings. The highest BCUT2D eigenvalue weighted by atomic mass is 16.2. The predicted octanol–water partition coefficient (Wildman–Crippen LogP) is 3.53. The quantitative estimate of drug-likeness (QED) is 0.726. The Morgan fingerprint density at radius 2 is 2.00 bits per heavy atom. The highest BCUT2D eigenvalue weighted by Gasteiger charge is 2.17. The van der Waals surface area contributed by atoms with E-state index in [0.29, 0.717) is 24.1 Å². The Labute approximate surface area is 156 Å². The topological polar surface area (TPSA) is 84.3 Å². The fraction of sp³-hybridized carbons (Fsp3) is 0.190. The normalized spacial score (nSPS) is 15.9. The van der Waals surface area contributed by atoms with Crippen LogP contribution >= 0.6 is 0 Å². The lowest BCUT2D eigenvalue weighted by atomic mass is 9.97. The molecule has 0 radical (unpaired) electrons. The van der Waals surface area contributed by atoms with Crippen LogP contribution in [0.1, 0.15) is 36.0 Å². The number of rotatable bonds is 3. The summed E-state index contributed by atoms with van der Waals surface area (Å²) in [7, 11) is 0. The largest absolute Gasteiger partial charge is 0.299 e. The Hall–Kier alpha value is -3.41. The summed E-state index contributed by atoms with van der Waals surface area (Å²) in [5.41, 5.74) is 6.07. The summed E-state index contributed by atoms with van der Waals surface area (Å²) in [6.45, 7) is 0. The number of amides is 1. The van der Waals surface area contributed by atoms with Crippen molar-refractivity contribution in [2.45, 2.75) is 25.7 Å². The van der Waals surface area contributed by atoms with E-state index in [-0.39, 0.29) is 11.7 Å². The highest BCUT2D eigenvalue weighted by molar-refractivity contribution is 6.08. The van der Waals surface area contributed by atoms with Crippen LogP contribution in [-0.4, -0.2) is 27.4 Å². The molecule has 0 bridgehead atoms. The van der Waals surface area contributed by atoms with Crippen LogP contribution in [0.4, 0.5) is 0 Å². The van der Waals surface area contributed by atoms with E-state index in [1.54, 1.807) is 18.5 Å². The second kappa shape index (κ2) is 7.45. The molecule has 1 saturated carbocycles. The minimum Gasteiger partial charge on any atom is -0.299 e. The summed E-state index contributed by atoms with van der Waals surface area (Å²) in [6.07, 6.45) is 5.85. The predicted molar refractivity (Wildman–Crippen MR) is 103 cm³/mol. The van der Waals surface area contributed by atoms with Crippen LogP contribution in [0.5, 0.6) is 0 Å². The second-order valence-corrected chi connectivity index (χ2v) is 6.50. The maximum absolute atomic E-state index is 12.8. The van der Waals surface area contributed by atoms with Gasteiger partial charge in [0.1, 0.15) is 5.78 Å². The first-order valence-corrected chi connectivity index (χ1v) is 8.88. The first-order valence-electron chi connectivity index (χ1n) is 8.88. The van der Waals surface area contributed by atoms with Crippen LogP contribution in [0, 0.1) is 0 Å². The SMILES string of the molecule is O=C1CCC/C(=N/NC(=O)c2cc(-c3cccnc3)nc3ccccc23)C1. The van der Waals surface area contributed by atoms with Gasteiger partial charge in [0.25, 0.3) is 5.91 Å². The summed E-state index contributed by atoms with van der Waals surface area (Å²) in [6, 6.07) is 13.0. The zero-order valence-electron chi connectivity index (χ0n) is 14.7. The zero-order valence-corrected chi connectivity index (χ0v) is 14.7. The number of benzene rings is 1. The molecule has 1 N–H and O–H groups in total. The number of nitrogens with zero attached hydrogens (tertiary/aromatic N) is 3. The Balaban J connectivity index is 1.70. The van der Waals surface area contributed by atoms with Crippen molar-refractivity contribution < 1.29 is 9.59 Å². The minimum atomic E-state index is -0.315. The van der Waals surface area contributed by atoms with Gasteiger partial charge in [0.15, 0.2) is 0 Å². The summed E-state index contributed by atoms with van der Waals surface area (Å²) in [5, 5.41) is 4.94. The van der Waals surface area contributed by atoms with Crippen molar-refractivity contribution in [3.8, 4) is 11.3 Å². The van der Waals surface area contributed by atoms with Crippen molar-refractivity contribution in [1.82, 2.24) is 15.4 Å². The minimum absolute atomic E-state index is 0.169. The van der Waals surface area contributed by atoms with E-state index in [0.717, 1.165) is 35.0 Å². The number of aromatic nitrogens is 2. The summed E-state index contributed by atoms with van der Waals surface area (Å²) in [5.74, 6) is -0.147. The monoisotopic (exact) mass is 358 g/mol. The van der Waals surface area contributed by atoms with Crippen molar-refractivity contribution in [2.75, 3.05) is 0 Å². The Morgan fingerprint density at radius 1 is 1.11 bits per heavy atom. The van der Waals surface area contributed by atoms with Crippen molar-refractivity contribution in [2.24, 2.45) is 5.10 Å². The molecule has 27 heavy (non-hydrogen) atoms. The van der Waals surface area contributed by atoms with E-state index < -0.39 is 0 Å². The lowest BCUT2D eigenvalue weighted by Gasteiger charge is -2.12. The third kappa shape index (κ3) is 3.74. The highest BCUT2D eigenvalue weighted by Crippen LogP contribution is 2.24. The van der Waals surface area contributed by atoms with E-state index in [4.69, 9.17) is 0 Å². The van der Waals surface area contributed by atoms with Crippen LogP contribution in [-0.2, 0) is 4.79 Å². The van der Waals surface area contributed by atoms with Crippen molar-refractivity contribution in [3.63, 3.8) is 0 Å². The molecule has 0 unspecified atom stereocenters. The average molecular weight is 358 g/mol. The molecule has 0 saturated heterocycles. The molecule has 3 aromatic rings. The van der Waals surface area contributed by atoms with E-state index in [1.165, 1.54) is 0 Å². The first-order chi connectivity index (χ1) is 13.2. The maximum Gasteiger partial charge on any atom is 0.272 e. The molecule has 2 heterocycles. The number of ketones is 1. The van der Waals surface area contributed by atoms with Gasteiger partial charge in [-0.3, -0.25) is 14.6 Å². The van der Waals surface area contributed by atoms with Gasteiger partial charge in [-0.15, -0.1) is 0 Å². The van der Waals surface area contributed by atoms with Gasteiger partial charge in [0.2, 0.25) is 0 Å². The third-order valence-corrected chi connectivity index (χ3v) is 4.56. The van der Waals surface area contributed by atoms with Gasteiger partial charge < -0.3 is 0 Å². The van der Waals surface area contributed by atoms with Gasteiger partial charge in [0, 0.05) is 41.9 Å². The number of pyridine rings is 2. The van der Waals surface area contributed by atoms with Crippen molar-refractivity contribution >= 4 is 28.3 Å². The molecular weight excluding hydrogens is 340 g/mol. The molecule has 6 heteroatoms. The van der Waals surface area contributed by atoms with Crippen LogP contribution in [0.25, 0.3) is 22.2 Å².